The summed E-state index contributed by atoms with van der Waals surface area (Å²) in [5.41, 5.74) is 7.83. The van der Waals surface area contributed by atoms with Crippen LogP contribution < -0.4 is 15.5 Å². The molecule has 2 rings (SSSR count). The highest BCUT2D eigenvalue weighted by molar-refractivity contribution is 7.93. The Hall–Kier alpha value is -3.42. The number of nitriles is 1. The zero-order chi connectivity index (χ0) is 19.9. The molecular weight excluding hydrogens is 368 g/mol. The summed E-state index contributed by atoms with van der Waals surface area (Å²) < 4.78 is 27.4. The lowest BCUT2D eigenvalue weighted by molar-refractivity contribution is 0.306. The van der Waals surface area contributed by atoms with E-state index in [0.29, 0.717) is 5.69 Å². The van der Waals surface area contributed by atoms with Crippen molar-refractivity contribution < 1.29 is 13.5 Å². The monoisotopic (exact) mass is 386 g/mol. The summed E-state index contributed by atoms with van der Waals surface area (Å²) in [5.74, 6) is -0.545. The Labute approximate surface area is 156 Å². The Morgan fingerprint density at radius 3 is 2.44 bits per heavy atom. The van der Waals surface area contributed by atoms with E-state index >= 15 is 0 Å². The van der Waals surface area contributed by atoms with E-state index in [1.54, 1.807) is 48.5 Å². The Balaban J connectivity index is 2.50. The molecule has 140 valence electrons. The Bertz CT molecular complexity index is 983. The molecule has 0 bridgehead atoms. The minimum absolute atomic E-state index is 0.102. The van der Waals surface area contributed by atoms with Gasteiger partial charge >= 0.3 is 0 Å². The van der Waals surface area contributed by atoms with Crippen molar-refractivity contribution in [2.45, 2.75) is 4.90 Å². The summed E-state index contributed by atoms with van der Waals surface area (Å²) in [5, 5.41) is 29.2. The maximum Gasteiger partial charge on any atom is 0.266 e. The predicted molar refractivity (Wildman–Crippen MR) is 103 cm³/mol. The van der Waals surface area contributed by atoms with Gasteiger partial charge in [-0.05, 0) is 24.3 Å². The van der Waals surface area contributed by atoms with Crippen molar-refractivity contribution in [1.29, 1.82) is 10.7 Å². The van der Waals surface area contributed by atoms with Gasteiger partial charge in [0.1, 0.15) is 11.0 Å². The van der Waals surface area contributed by atoms with E-state index in [1.165, 1.54) is 12.1 Å². The predicted octanol–water partition coefficient (Wildman–Crippen LogP) is 1.10. The molecule has 0 heterocycles. The highest BCUT2D eigenvalue weighted by atomic mass is 32.2. The highest BCUT2D eigenvalue weighted by Gasteiger charge is 2.27. The SMILES string of the molecule is N#C/C(=N\Nc1ccccc1S(=O)(=O)N(CCO)c1ccccc1)C(=N)N. The number of amidine groups is 1. The number of aliphatic hydroxyl groups is 1. The average molecular weight is 386 g/mol. The molecule has 0 amide bonds. The fourth-order valence-corrected chi connectivity index (χ4v) is 3.84. The highest BCUT2D eigenvalue weighted by Crippen LogP contribution is 2.28. The van der Waals surface area contributed by atoms with Crippen LogP contribution in [-0.2, 0) is 10.0 Å². The van der Waals surface area contributed by atoms with Crippen molar-refractivity contribution in [3.63, 3.8) is 0 Å². The molecule has 0 aromatic heterocycles. The second-order valence-corrected chi connectivity index (χ2v) is 7.06. The second kappa shape index (κ2) is 8.79. The zero-order valence-corrected chi connectivity index (χ0v) is 15.0. The van der Waals surface area contributed by atoms with E-state index in [9.17, 15) is 13.5 Å². The fourth-order valence-electron chi connectivity index (χ4n) is 2.24. The third-order valence-electron chi connectivity index (χ3n) is 3.45. The van der Waals surface area contributed by atoms with Gasteiger partial charge in [-0.25, -0.2) is 8.42 Å². The summed E-state index contributed by atoms with van der Waals surface area (Å²) in [4.78, 5) is -0.105. The molecule has 0 aliphatic heterocycles. The molecule has 0 saturated carbocycles. The van der Waals surface area contributed by atoms with Gasteiger partial charge < -0.3 is 10.8 Å². The van der Waals surface area contributed by atoms with Crippen molar-refractivity contribution in [2.24, 2.45) is 10.8 Å². The number of sulfonamides is 1. The van der Waals surface area contributed by atoms with Crippen molar-refractivity contribution in [3.8, 4) is 6.07 Å². The van der Waals surface area contributed by atoms with Crippen molar-refractivity contribution in [2.75, 3.05) is 22.9 Å². The summed E-state index contributed by atoms with van der Waals surface area (Å²) >= 11 is 0. The standard InChI is InChI=1S/C17H18N6O3S/c18-12-15(17(19)20)22-21-14-8-4-5-9-16(14)27(25,26)23(10-11-24)13-6-2-1-3-7-13/h1-9,21,24H,10-11H2,(H3,19,20)/b22-15+. The molecule has 9 nitrogen and oxygen atoms in total. The number of anilines is 2. The number of hydrazone groups is 1. The molecule has 0 aliphatic rings. The number of nitrogens with two attached hydrogens (primary N) is 1. The third kappa shape index (κ3) is 4.60. The molecule has 27 heavy (non-hydrogen) atoms. The lowest BCUT2D eigenvalue weighted by Gasteiger charge is -2.24. The van der Waals surface area contributed by atoms with E-state index in [4.69, 9.17) is 16.4 Å². The second-order valence-electron chi connectivity index (χ2n) is 5.23. The number of para-hydroxylation sites is 2. The Morgan fingerprint density at radius 2 is 1.85 bits per heavy atom. The molecule has 10 heteroatoms. The van der Waals surface area contributed by atoms with E-state index < -0.39 is 15.9 Å². The molecule has 0 aliphatic carbocycles. The molecule has 0 spiro atoms. The number of nitrogens with one attached hydrogen (secondary N) is 2. The van der Waals surface area contributed by atoms with E-state index in [0.717, 1.165) is 4.31 Å². The van der Waals surface area contributed by atoms with Crippen LogP contribution in [0.5, 0.6) is 0 Å². The first kappa shape index (κ1) is 19.9. The molecule has 0 saturated heterocycles. The molecule has 0 radical (unpaired) electrons. The smallest absolute Gasteiger partial charge is 0.266 e. The van der Waals surface area contributed by atoms with Gasteiger partial charge in [0, 0.05) is 0 Å². The molecule has 0 unspecified atom stereocenters. The van der Waals surface area contributed by atoms with E-state index in [2.05, 4.69) is 10.5 Å². The largest absolute Gasteiger partial charge is 0.394 e. The van der Waals surface area contributed by atoms with Crippen LogP contribution >= 0.6 is 0 Å². The van der Waals surface area contributed by atoms with E-state index in [-0.39, 0.29) is 29.4 Å². The maximum atomic E-state index is 13.2. The van der Waals surface area contributed by atoms with Crippen LogP contribution in [0.4, 0.5) is 11.4 Å². The first-order chi connectivity index (χ1) is 12.9. The molecule has 5 N–H and O–H groups in total. The summed E-state index contributed by atoms with van der Waals surface area (Å²) in [6, 6.07) is 16.0. The number of rotatable bonds is 8. The van der Waals surface area contributed by atoms with Gasteiger partial charge in [0.05, 0.1) is 24.5 Å². The van der Waals surface area contributed by atoms with Crippen LogP contribution in [0.25, 0.3) is 0 Å². The van der Waals surface area contributed by atoms with Gasteiger partial charge in [0.2, 0.25) is 5.71 Å². The number of aliphatic hydroxyl groups excluding tert-OH is 1. The van der Waals surface area contributed by atoms with Crippen LogP contribution in [0.2, 0.25) is 0 Å². The minimum atomic E-state index is -4.05. The first-order valence-electron chi connectivity index (χ1n) is 7.77. The summed E-state index contributed by atoms with van der Waals surface area (Å²) in [7, 11) is -4.05. The number of nitrogens with zero attached hydrogens (tertiary/aromatic N) is 3. The Kier molecular flexibility index (Phi) is 6.48. The average Bonchev–Trinajstić information content (AvgIpc) is 2.67. The van der Waals surface area contributed by atoms with Gasteiger partial charge in [0.15, 0.2) is 5.84 Å². The lowest BCUT2D eigenvalue weighted by atomic mass is 10.3. The van der Waals surface area contributed by atoms with Gasteiger partial charge in [-0.2, -0.15) is 10.4 Å². The fraction of sp³-hybridized carbons (Fsp3) is 0.118. The number of benzene rings is 2. The molecule has 0 fully saturated rings. The molecular formula is C17H18N6O3S. The van der Waals surface area contributed by atoms with Crippen molar-refractivity contribution >= 4 is 32.9 Å². The van der Waals surface area contributed by atoms with Gasteiger partial charge in [0.25, 0.3) is 10.0 Å². The van der Waals surface area contributed by atoms with E-state index in [1.807, 2.05) is 0 Å². The molecule has 2 aromatic carbocycles. The quantitative estimate of drug-likeness (QED) is 0.302. The first-order valence-corrected chi connectivity index (χ1v) is 9.21. The topological polar surface area (TPSA) is 156 Å². The van der Waals surface area contributed by atoms with Gasteiger partial charge in [-0.1, -0.05) is 30.3 Å². The van der Waals surface area contributed by atoms with Crippen molar-refractivity contribution in [1.82, 2.24) is 0 Å². The summed E-state index contributed by atoms with van der Waals surface area (Å²) in [6.07, 6.45) is 0. The number of hydrogen-bond donors (Lipinski definition) is 4. The molecule has 0 atom stereocenters. The third-order valence-corrected chi connectivity index (χ3v) is 5.34. The summed E-state index contributed by atoms with van der Waals surface area (Å²) in [6.45, 7) is -0.508. The van der Waals surface area contributed by atoms with Gasteiger partial charge in [-0.3, -0.25) is 15.1 Å². The van der Waals surface area contributed by atoms with Gasteiger partial charge in [-0.15, -0.1) is 0 Å². The zero-order valence-electron chi connectivity index (χ0n) is 14.2. The lowest BCUT2D eigenvalue weighted by Crippen LogP contribution is -2.34. The normalized spacial score (nSPS) is 11.5. The van der Waals surface area contributed by atoms with Crippen molar-refractivity contribution in [3.05, 3.63) is 54.6 Å². The van der Waals surface area contributed by atoms with Crippen LogP contribution in [-0.4, -0.2) is 38.2 Å². The minimum Gasteiger partial charge on any atom is -0.394 e. The van der Waals surface area contributed by atoms with Crippen LogP contribution in [0.1, 0.15) is 0 Å². The Morgan fingerprint density at radius 1 is 1.22 bits per heavy atom. The number of hydrogen-bond acceptors (Lipinski definition) is 7. The van der Waals surface area contributed by atoms with Crippen LogP contribution in [0.15, 0.2) is 64.6 Å². The van der Waals surface area contributed by atoms with Crippen LogP contribution in [0, 0.1) is 16.7 Å². The van der Waals surface area contributed by atoms with Crippen LogP contribution in [0.3, 0.4) is 0 Å². The maximum absolute atomic E-state index is 13.2. The molecule has 2 aromatic rings.